The first-order valence-electron chi connectivity index (χ1n) is 7.85. The number of ketones is 1. The van der Waals surface area contributed by atoms with E-state index in [4.69, 9.17) is 10.5 Å². The molecule has 2 unspecified atom stereocenters. The van der Waals surface area contributed by atoms with Gasteiger partial charge in [0.2, 0.25) is 0 Å². The molecule has 0 saturated heterocycles. The summed E-state index contributed by atoms with van der Waals surface area (Å²) in [6.45, 7) is 2.11. The Morgan fingerprint density at radius 3 is 3.00 bits per heavy atom. The molecule has 4 nitrogen and oxygen atoms in total. The summed E-state index contributed by atoms with van der Waals surface area (Å²) in [4.78, 5) is 23.9. The number of rotatable bonds is 3. The minimum absolute atomic E-state index is 0.0942. The van der Waals surface area contributed by atoms with E-state index in [1.54, 1.807) is 13.0 Å². The number of hydrogen-bond donors (Lipinski definition) is 1. The minimum atomic E-state index is -1.04. The van der Waals surface area contributed by atoms with E-state index in [9.17, 15) is 9.59 Å². The van der Waals surface area contributed by atoms with Gasteiger partial charge in [-0.3, -0.25) is 4.79 Å². The van der Waals surface area contributed by atoms with Gasteiger partial charge in [-0.2, -0.15) is 0 Å². The molecule has 0 saturated carbocycles. The van der Waals surface area contributed by atoms with Crippen LogP contribution in [0.2, 0.25) is 0 Å². The third-order valence-electron chi connectivity index (χ3n) is 4.55. The van der Waals surface area contributed by atoms with Gasteiger partial charge in [0.15, 0.2) is 5.78 Å². The van der Waals surface area contributed by atoms with Gasteiger partial charge in [-0.25, -0.2) is 4.79 Å². The van der Waals surface area contributed by atoms with E-state index in [1.165, 1.54) is 0 Å². The number of nitrogens with two attached hydrogens (primary N) is 1. The van der Waals surface area contributed by atoms with E-state index in [2.05, 4.69) is 6.07 Å². The molecule has 0 fully saturated rings. The summed E-state index contributed by atoms with van der Waals surface area (Å²) >= 11 is 0. The Balaban J connectivity index is 1.81. The highest BCUT2D eigenvalue weighted by atomic mass is 16.5. The number of carbonyl (C=O) groups excluding carboxylic acids is 2. The van der Waals surface area contributed by atoms with Crippen molar-refractivity contribution in [3.63, 3.8) is 0 Å². The van der Waals surface area contributed by atoms with Crippen LogP contribution < -0.4 is 5.73 Å². The number of Topliss-reactive ketones (excluding diaryl/α,β-unsaturated/α-hetero) is 1. The van der Waals surface area contributed by atoms with Crippen molar-refractivity contribution < 1.29 is 14.3 Å². The standard InChI is InChI=1S/C18H21NO3/c1-2-22-17(21)18(19)9-8-14(11-18)12-6-7-15-13(10-12)4-3-5-16(15)20/h6-10,14H,2-5,11,19H2,1H3. The molecule has 1 aromatic rings. The fourth-order valence-corrected chi connectivity index (χ4v) is 3.33. The summed E-state index contributed by atoms with van der Waals surface area (Å²) in [6, 6.07) is 5.99. The van der Waals surface area contributed by atoms with E-state index in [-0.39, 0.29) is 17.7 Å². The van der Waals surface area contributed by atoms with E-state index < -0.39 is 5.54 Å². The predicted octanol–water partition coefficient (Wildman–Crippen LogP) is 2.51. The molecule has 0 radical (unpaired) electrons. The zero-order chi connectivity index (χ0) is 15.7. The van der Waals surface area contributed by atoms with Crippen molar-refractivity contribution in [1.82, 2.24) is 0 Å². The van der Waals surface area contributed by atoms with Gasteiger partial charge in [-0.15, -0.1) is 0 Å². The lowest BCUT2D eigenvalue weighted by molar-refractivity contribution is -0.147. The van der Waals surface area contributed by atoms with E-state index in [0.29, 0.717) is 19.4 Å². The number of fused-ring (bicyclic) bond motifs is 1. The Morgan fingerprint density at radius 1 is 1.41 bits per heavy atom. The molecule has 0 spiro atoms. The zero-order valence-corrected chi connectivity index (χ0v) is 12.8. The van der Waals surface area contributed by atoms with Gasteiger partial charge in [-0.05, 0) is 37.3 Å². The average Bonchev–Trinajstić information content (AvgIpc) is 2.91. The lowest BCUT2D eigenvalue weighted by atomic mass is 9.85. The third-order valence-corrected chi connectivity index (χ3v) is 4.55. The van der Waals surface area contributed by atoms with Gasteiger partial charge < -0.3 is 10.5 Å². The fraction of sp³-hybridized carbons (Fsp3) is 0.444. The van der Waals surface area contributed by atoms with E-state index >= 15 is 0 Å². The molecular weight excluding hydrogens is 278 g/mol. The van der Waals surface area contributed by atoms with Gasteiger partial charge in [0.25, 0.3) is 0 Å². The summed E-state index contributed by atoms with van der Waals surface area (Å²) in [5, 5.41) is 0. The second-order valence-corrected chi connectivity index (χ2v) is 6.12. The molecule has 0 amide bonds. The molecule has 0 bridgehead atoms. The molecule has 1 aromatic carbocycles. The van der Waals surface area contributed by atoms with Crippen LogP contribution in [0.15, 0.2) is 30.4 Å². The zero-order valence-electron chi connectivity index (χ0n) is 12.8. The van der Waals surface area contributed by atoms with Crippen molar-refractivity contribution in [1.29, 1.82) is 0 Å². The maximum Gasteiger partial charge on any atom is 0.330 e. The van der Waals surface area contributed by atoms with E-state index in [1.807, 2.05) is 18.2 Å². The lowest BCUT2D eigenvalue weighted by Crippen LogP contribution is -2.46. The molecule has 0 aliphatic heterocycles. The molecule has 2 aliphatic carbocycles. The largest absolute Gasteiger partial charge is 0.464 e. The van der Waals surface area contributed by atoms with Crippen LogP contribution in [0, 0.1) is 0 Å². The quantitative estimate of drug-likeness (QED) is 0.688. The number of benzene rings is 1. The fourth-order valence-electron chi connectivity index (χ4n) is 3.33. The Morgan fingerprint density at radius 2 is 2.23 bits per heavy atom. The second kappa shape index (κ2) is 5.69. The molecule has 3 rings (SSSR count). The Labute approximate surface area is 130 Å². The first-order valence-corrected chi connectivity index (χ1v) is 7.85. The normalized spacial score (nSPS) is 26.8. The molecular formula is C18H21NO3. The Bertz CT molecular complexity index is 650. The highest BCUT2D eigenvalue weighted by Gasteiger charge is 2.39. The lowest BCUT2D eigenvalue weighted by Gasteiger charge is -2.22. The topological polar surface area (TPSA) is 69.4 Å². The highest BCUT2D eigenvalue weighted by molar-refractivity contribution is 5.98. The van der Waals surface area contributed by atoms with Crippen LogP contribution in [0.3, 0.4) is 0 Å². The highest BCUT2D eigenvalue weighted by Crippen LogP contribution is 2.36. The third kappa shape index (κ3) is 2.59. The molecule has 116 valence electrons. The van der Waals surface area contributed by atoms with Crippen LogP contribution in [0.1, 0.15) is 53.6 Å². The Kier molecular flexibility index (Phi) is 3.87. The van der Waals surface area contributed by atoms with Crippen LogP contribution in [0.4, 0.5) is 0 Å². The maximum atomic E-state index is 12.0. The van der Waals surface area contributed by atoms with Gasteiger partial charge in [0, 0.05) is 17.9 Å². The number of aryl methyl sites for hydroxylation is 1. The van der Waals surface area contributed by atoms with Crippen LogP contribution in [0.5, 0.6) is 0 Å². The van der Waals surface area contributed by atoms with Gasteiger partial charge >= 0.3 is 5.97 Å². The molecule has 0 heterocycles. The summed E-state index contributed by atoms with van der Waals surface area (Å²) in [5.41, 5.74) is 8.20. The van der Waals surface area contributed by atoms with Crippen LogP contribution in [0.25, 0.3) is 0 Å². The number of esters is 1. The smallest absolute Gasteiger partial charge is 0.330 e. The number of hydrogen-bond acceptors (Lipinski definition) is 4. The minimum Gasteiger partial charge on any atom is -0.464 e. The van der Waals surface area contributed by atoms with Crippen LogP contribution in [-0.2, 0) is 16.0 Å². The van der Waals surface area contributed by atoms with Crippen molar-refractivity contribution in [3.05, 3.63) is 47.0 Å². The molecule has 22 heavy (non-hydrogen) atoms. The first-order chi connectivity index (χ1) is 10.5. The molecule has 2 aliphatic rings. The molecule has 2 atom stereocenters. The van der Waals surface area contributed by atoms with Crippen molar-refractivity contribution in [2.24, 2.45) is 5.73 Å². The first kappa shape index (κ1) is 15.0. The van der Waals surface area contributed by atoms with Crippen molar-refractivity contribution in [2.45, 2.75) is 44.1 Å². The van der Waals surface area contributed by atoms with Crippen LogP contribution in [-0.4, -0.2) is 23.9 Å². The summed E-state index contributed by atoms with van der Waals surface area (Å²) < 4.78 is 5.06. The van der Waals surface area contributed by atoms with E-state index in [0.717, 1.165) is 29.5 Å². The van der Waals surface area contributed by atoms with Gasteiger partial charge in [0.05, 0.1) is 6.61 Å². The van der Waals surface area contributed by atoms with Crippen LogP contribution >= 0.6 is 0 Å². The van der Waals surface area contributed by atoms with Crippen molar-refractivity contribution in [2.75, 3.05) is 6.61 Å². The number of ether oxygens (including phenoxy) is 1. The van der Waals surface area contributed by atoms with Crippen molar-refractivity contribution >= 4 is 11.8 Å². The average molecular weight is 299 g/mol. The summed E-state index contributed by atoms with van der Waals surface area (Å²) in [5.74, 6) is -0.0481. The predicted molar refractivity (Wildman–Crippen MR) is 83.8 cm³/mol. The summed E-state index contributed by atoms with van der Waals surface area (Å²) in [7, 11) is 0. The van der Waals surface area contributed by atoms with Crippen molar-refractivity contribution in [3.8, 4) is 0 Å². The monoisotopic (exact) mass is 299 g/mol. The maximum absolute atomic E-state index is 12.0. The summed E-state index contributed by atoms with van der Waals surface area (Å²) in [6.07, 6.45) is 6.74. The second-order valence-electron chi connectivity index (χ2n) is 6.12. The number of carbonyl (C=O) groups is 2. The Hall–Kier alpha value is -1.94. The SMILES string of the molecule is CCOC(=O)C1(N)C=CC(c2ccc3c(c2)CCCC3=O)C1. The molecule has 0 aromatic heterocycles. The number of allylic oxidation sites excluding steroid dienone is 1. The molecule has 4 heteroatoms. The van der Waals surface area contributed by atoms with Gasteiger partial charge in [-0.1, -0.05) is 30.4 Å². The van der Waals surface area contributed by atoms with Gasteiger partial charge in [0.1, 0.15) is 5.54 Å². The molecule has 2 N–H and O–H groups in total.